The largest absolute Gasteiger partial charge is 0.484 e. The van der Waals surface area contributed by atoms with Crippen LogP contribution in [-0.2, 0) is 20.8 Å². The molecule has 0 radical (unpaired) electrons. The Hall–Kier alpha value is -2.38. The maximum Gasteiger partial charge on any atom is 0.422 e. The number of aldehydes is 1. The number of carbonyl (C=O) groups is 3. The van der Waals surface area contributed by atoms with Crippen LogP contribution in [0.25, 0.3) is 0 Å². The van der Waals surface area contributed by atoms with Gasteiger partial charge in [0.25, 0.3) is 0 Å². The van der Waals surface area contributed by atoms with Crippen LogP contribution in [0.3, 0.4) is 0 Å². The zero-order valence-electron chi connectivity index (χ0n) is 16.9. The quantitative estimate of drug-likeness (QED) is 0.690. The van der Waals surface area contributed by atoms with Gasteiger partial charge in [-0.15, -0.1) is 0 Å². The van der Waals surface area contributed by atoms with Crippen molar-refractivity contribution in [1.29, 1.82) is 0 Å². The molecular formula is C20H26F3NO4. The number of nitrogens with zero attached hydrogens (tertiary/aromatic N) is 1. The van der Waals surface area contributed by atoms with Crippen LogP contribution < -0.4 is 9.64 Å². The molecule has 0 aliphatic rings. The summed E-state index contributed by atoms with van der Waals surface area (Å²) in [7, 11) is 0. The number of carbonyl (C=O) groups excluding carboxylic acids is 3. The lowest BCUT2D eigenvalue weighted by Gasteiger charge is -2.33. The average Bonchev–Trinajstić information content (AvgIpc) is 2.52. The third-order valence-electron chi connectivity index (χ3n) is 3.69. The number of halogens is 3. The maximum absolute atomic E-state index is 12.9. The molecule has 0 fully saturated rings. The summed E-state index contributed by atoms with van der Waals surface area (Å²) >= 11 is 0. The molecule has 8 heteroatoms. The SMILES string of the molecule is CC(C)(C)C(=O)N(C(=O)C(C)(C)C)c1ccc(CC=O)c(OCC(F)(F)F)c1. The van der Waals surface area contributed by atoms with Gasteiger partial charge in [-0.05, 0) is 6.07 Å². The number of hydrogen-bond acceptors (Lipinski definition) is 4. The second-order valence-corrected chi connectivity index (χ2v) is 8.51. The Labute approximate surface area is 162 Å². The summed E-state index contributed by atoms with van der Waals surface area (Å²) in [5.74, 6) is -1.20. The van der Waals surface area contributed by atoms with Crippen LogP contribution in [0.5, 0.6) is 5.75 Å². The Bertz CT molecular complexity index is 717. The molecule has 1 rings (SSSR count). The lowest BCUT2D eigenvalue weighted by molar-refractivity contribution is -0.153. The highest BCUT2D eigenvalue weighted by Gasteiger charge is 2.38. The summed E-state index contributed by atoms with van der Waals surface area (Å²) in [6, 6.07) is 4.00. The highest BCUT2D eigenvalue weighted by molar-refractivity contribution is 6.18. The molecular weight excluding hydrogens is 375 g/mol. The first-order valence-corrected chi connectivity index (χ1v) is 8.73. The molecule has 0 saturated carbocycles. The van der Waals surface area contributed by atoms with Gasteiger partial charge in [0.2, 0.25) is 11.8 Å². The number of imide groups is 1. The summed E-state index contributed by atoms with van der Waals surface area (Å²) < 4.78 is 42.6. The van der Waals surface area contributed by atoms with Gasteiger partial charge in [-0.3, -0.25) is 9.59 Å². The lowest BCUT2D eigenvalue weighted by Crippen LogP contribution is -2.48. The van der Waals surface area contributed by atoms with Crippen molar-refractivity contribution in [1.82, 2.24) is 0 Å². The number of benzene rings is 1. The molecule has 2 amide bonds. The minimum Gasteiger partial charge on any atom is -0.484 e. The molecule has 1 aromatic rings. The first-order chi connectivity index (χ1) is 12.6. The van der Waals surface area contributed by atoms with E-state index >= 15 is 0 Å². The van der Waals surface area contributed by atoms with Gasteiger partial charge in [0.15, 0.2) is 6.61 Å². The molecule has 0 N–H and O–H groups in total. The zero-order chi connectivity index (χ0) is 21.9. The van der Waals surface area contributed by atoms with Crippen molar-refractivity contribution in [2.45, 2.75) is 54.1 Å². The van der Waals surface area contributed by atoms with E-state index in [-0.39, 0.29) is 23.4 Å². The molecule has 0 atom stereocenters. The monoisotopic (exact) mass is 401 g/mol. The van der Waals surface area contributed by atoms with Gasteiger partial charge in [0, 0.05) is 28.9 Å². The first-order valence-electron chi connectivity index (χ1n) is 8.73. The van der Waals surface area contributed by atoms with Crippen LogP contribution >= 0.6 is 0 Å². The van der Waals surface area contributed by atoms with Crippen LogP contribution in [0.15, 0.2) is 18.2 Å². The fourth-order valence-corrected chi connectivity index (χ4v) is 2.23. The lowest BCUT2D eigenvalue weighted by atomic mass is 9.90. The van der Waals surface area contributed by atoms with Crippen LogP contribution in [-0.4, -0.2) is 30.9 Å². The topological polar surface area (TPSA) is 63.7 Å². The molecule has 0 aliphatic carbocycles. The number of amides is 2. The van der Waals surface area contributed by atoms with E-state index in [2.05, 4.69) is 0 Å². The van der Waals surface area contributed by atoms with Crippen molar-refractivity contribution in [3.05, 3.63) is 23.8 Å². The van der Waals surface area contributed by atoms with E-state index in [9.17, 15) is 27.6 Å². The van der Waals surface area contributed by atoms with Crippen molar-refractivity contribution in [3.8, 4) is 5.75 Å². The Balaban J connectivity index is 3.50. The first kappa shape index (κ1) is 23.7. The number of hydrogen-bond donors (Lipinski definition) is 0. The minimum atomic E-state index is -4.57. The second kappa shape index (κ2) is 8.32. The van der Waals surface area contributed by atoms with Crippen molar-refractivity contribution in [3.63, 3.8) is 0 Å². The molecule has 28 heavy (non-hydrogen) atoms. The fourth-order valence-electron chi connectivity index (χ4n) is 2.23. The van der Waals surface area contributed by atoms with Gasteiger partial charge in [-0.25, -0.2) is 4.90 Å². The molecule has 5 nitrogen and oxygen atoms in total. The molecule has 0 bridgehead atoms. The normalized spacial score (nSPS) is 12.5. The summed E-state index contributed by atoms with van der Waals surface area (Å²) in [6.45, 7) is 8.28. The van der Waals surface area contributed by atoms with Gasteiger partial charge in [0.1, 0.15) is 12.0 Å². The molecule has 0 heterocycles. The standard InChI is InChI=1S/C20H26F3NO4/c1-18(2,3)16(26)24(17(27)19(4,5)6)14-8-7-13(9-10-25)15(11-14)28-12-20(21,22)23/h7-8,10-11H,9,12H2,1-6H3. The molecule has 0 saturated heterocycles. The van der Waals surface area contributed by atoms with Gasteiger partial charge in [0.05, 0.1) is 5.69 Å². The van der Waals surface area contributed by atoms with Gasteiger partial charge in [-0.2, -0.15) is 13.2 Å². The number of anilines is 1. The highest BCUT2D eigenvalue weighted by atomic mass is 19.4. The minimum absolute atomic E-state index is 0.0895. The third kappa shape index (κ3) is 6.35. The second-order valence-electron chi connectivity index (χ2n) is 8.51. The molecule has 1 aromatic carbocycles. The van der Waals surface area contributed by atoms with E-state index in [1.807, 2.05) is 0 Å². The number of ether oxygens (including phenoxy) is 1. The van der Waals surface area contributed by atoms with E-state index in [0.29, 0.717) is 6.29 Å². The van der Waals surface area contributed by atoms with Crippen LogP contribution in [0.4, 0.5) is 18.9 Å². The van der Waals surface area contributed by atoms with Crippen LogP contribution in [0, 0.1) is 10.8 Å². The van der Waals surface area contributed by atoms with Gasteiger partial charge < -0.3 is 9.53 Å². The predicted octanol–water partition coefficient (Wildman–Crippen LogP) is 4.32. The Morgan fingerprint density at radius 3 is 1.89 bits per heavy atom. The third-order valence-corrected chi connectivity index (χ3v) is 3.69. The summed E-state index contributed by atoms with van der Waals surface area (Å²) in [4.78, 5) is 37.6. The smallest absolute Gasteiger partial charge is 0.422 e. The summed E-state index contributed by atoms with van der Waals surface area (Å²) in [5, 5.41) is 0. The Kier molecular flexibility index (Phi) is 7.03. The van der Waals surface area contributed by atoms with E-state index < -0.39 is 35.4 Å². The summed E-state index contributed by atoms with van der Waals surface area (Å²) in [5.41, 5.74) is -1.49. The maximum atomic E-state index is 12.9. The average molecular weight is 401 g/mol. The molecule has 0 aliphatic heterocycles. The highest BCUT2D eigenvalue weighted by Crippen LogP contribution is 2.33. The van der Waals surface area contributed by atoms with Crippen LogP contribution in [0.2, 0.25) is 0 Å². The van der Waals surface area contributed by atoms with Crippen molar-refractivity contribution in [2.75, 3.05) is 11.5 Å². The summed E-state index contributed by atoms with van der Waals surface area (Å²) in [6.07, 6.45) is -4.20. The van der Waals surface area contributed by atoms with E-state index in [4.69, 9.17) is 4.74 Å². The van der Waals surface area contributed by atoms with Crippen molar-refractivity contribution < 1.29 is 32.3 Å². The Morgan fingerprint density at radius 2 is 1.50 bits per heavy atom. The fraction of sp³-hybridized carbons (Fsp3) is 0.550. The zero-order valence-corrected chi connectivity index (χ0v) is 16.9. The van der Waals surface area contributed by atoms with Gasteiger partial charge in [-0.1, -0.05) is 47.6 Å². The van der Waals surface area contributed by atoms with Crippen molar-refractivity contribution in [2.24, 2.45) is 10.8 Å². The molecule has 156 valence electrons. The van der Waals surface area contributed by atoms with Crippen molar-refractivity contribution >= 4 is 23.8 Å². The molecule has 0 unspecified atom stereocenters. The number of alkyl halides is 3. The predicted molar refractivity (Wildman–Crippen MR) is 99.2 cm³/mol. The van der Waals surface area contributed by atoms with Crippen LogP contribution in [0.1, 0.15) is 47.1 Å². The van der Waals surface area contributed by atoms with Gasteiger partial charge >= 0.3 is 6.18 Å². The molecule has 0 spiro atoms. The Morgan fingerprint density at radius 1 is 1.00 bits per heavy atom. The number of rotatable bonds is 5. The van der Waals surface area contributed by atoms with E-state index in [0.717, 1.165) is 4.90 Å². The van der Waals surface area contributed by atoms with E-state index in [1.165, 1.54) is 18.2 Å². The van der Waals surface area contributed by atoms with E-state index in [1.54, 1.807) is 41.5 Å². The molecule has 0 aromatic heterocycles.